The van der Waals surface area contributed by atoms with E-state index in [0.717, 1.165) is 30.6 Å². The van der Waals surface area contributed by atoms with Crippen molar-refractivity contribution >= 4 is 0 Å². The smallest absolute Gasteiger partial charge is 0.204 e. The van der Waals surface area contributed by atoms with E-state index in [0.29, 0.717) is 24.7 Å². The Morgan fingerprint density at radius 3 is 2.00 bits per heavy atom. The average molecular weight is 437 g/mol. The summed E-state index contributed by atoms with van der Waals surface area (Å²) in [4.78, 5) is 0. The highest BCUT2D eigenvalue weighted by atomic mass is 19.2. The van der Waals surface area contributed by atoms with Crippen LogP contribution in [0.25, 0.3) is 0 Å². The van der Waals surface area contributed by atoms with Crippen LogP contribution >= 0.6 is 0 Å². The maximum atomic E-state index is 14.5. The summed E-state index contributed by atoms with van der Waals surface area (Å²) < 4.78 is 39.6. The number of hydrogen-bond donors (Lipinski definition) is 0. The highest BCUT2D eigenvalue weighted by Crippen LogP contribution is 2.42. The standard InChI is InChI=1S/C27H42F2O2/c1-4-6-7-8-20-9-13-22(14-10-20)23-15-11-21(12-16-23)18-31-27-19(3)17-24(30-5-2)25(28)26(27)29/h17,20-23H,4-16,18H2,1-3H3. The summed E-state index contributed by atoms with van der Waals surface area (Å²) in [5, 5.41) is 0. The second-order valence-corrected chi connectivity index (χ2v) is 9.95. The molecule has 176 valence electrons. The van der Waals surface area contributed by atoms with Gasteiger partial charge in [0.15, 0.2) is 11.5 Å². The van der Waals surface area contributed by atoms with Crippen LogP contribution in [0.2, 0.25) is 0 Å². The second-order valence-electron chi connectivity index (χ2n) is 9.95. The van der Waals surface area contributed by atoms with Crippen LogP contribution in [0, 0.1) is 42.2 Å². The van der Waals surface area contributed by atoms with Gasteiger partial charge in [-0.15, -0.1) is 0 Å². The first-order chi connectivity index (χ1) is 15.0. The minimum Gasteiger partial charge on any atom is -0.491 e. The maximum Gasteiger partial charge on any atom is 0.204 e. The van der Waals surface area contributed by atoms with Gasteiger partial charge in [0, 0.05) is 0 Å². The Kier molecular flexibility index (Phi) is 9.47. The summed E-state index contributed by atoms with van der Waals surface area (Å²) in [5.41, 5.74) is 0.590. The number of unbranched alkanes of at least 4 members (excludes halogenated alkanes) is 2. The van der Waals surface area contributed by atoms with Gasteiger partial charge in [0.2, 0.25) is 11.6 Å². The molecule has 0 amide bonds. The van der Waals surface area contributed by atoms with Gasteiger partial charge in [-0.05, 0) is 87.7 Å². The maximum absolute atomic E-state index is 14.5. The predicted octanol–water partition coefficient (Wildman–Crippen LogP) is 8.24. The third kappa shape index (κ3) is 6.58. The van der Waals surface area contributed by atoms with E-state index in [9.17, 15) is 8.78 Å². The number of halogens is 2. The summed E-state index contributed by atoms with van der Waals surface area (Å²) >= 11 is 0. The molecule has 0 unspecified atom stereocenters. The van der Waals surface area contributed by atoms with Gasteiger partial charge in [0.05, 0.1) is 13.2 Å². The number of benzene rings is 1. The number of hydrogen-bond acceptors (Lipinski definition) is 2. The molecule has 0 aliphatic heterocycles. The summed E-state index contributed by atoms with van der Waals surface area (Å²) in [6.07, 6.45) is 16.1. The zero-order valence-corrected chi connectivity index (χ0v) is 19.9. The molecule has 0 aromatic heterocycles. The molecule has 0 N–H and O–H groups in total. The zero-order chi connectivity index (χ0) is 22.2. The van der Waals surface area contributed by atoms with Gasteiger partial charge in [0.1, 0.15) is 0 Å². The Bertz CT molecular complexity index is 674. The van der Waals surface area contributed by atoms with Crippen molar-refractivity contribution in [2.75, 3.05) is 13.2 Å². The van der Waals surface area contributed by atoms with E-state index in [1.165, 1.54) is 70.3 Å². The average Bonchev–Trinajstić information content (AvgIpc) is 2.78. The highest BCUT2D eigenvalue weighted by molar-refractivity contribution is 5.42. The Labute approximate surface area is 188 Å². The Balaban J connectivity index is 1.42. The van der Waals surface area contributed by atoms with Crippen LogP contribution in [0.5, 0.6) is 11.5 Å². The van der Waals surface area contributed by atoms with Crippen LogP contribution in [-0.4, -0.2) is 13.2 Å². The fourth-order valence-corrected chi connectivity index (χ4v) is 5.80. The minimum atomic E-state index is -0.948. The first-order valence-electron chi connectivity index (χ1n) is 12.8. The quantitative estimate of drug-likeness (QED) is 0.344. The Hall–Kier alpha value is -1.32. The summed E-state index contributed by atoms with van der Waals surface area (Å²) in [7, 11) is 0. The van der Waals surface area contributed by atoms with Crippen molar-refractivity contribution in [1.82, 2.24) is 0 Å². The van der Waals surface area contributed by atoms with E-state index in [1.807, 2.05) is 0 Å². The lowest BCUT2D eigenvalue weighted by Crippen LogP contribution is -2.27. The van der Waals surface area contributed by atoms with E-state index in [1.54, 1.807) is 13.8 Å². The molecule has 2 fully saturated rings. The topological polar surface area (TPSA) is 18.5 Å². The molecule has 0 atom stereocenters. The molecule has 1 aromatic rings. The molecule has 1 aromatic carbocycles. The van der Waals surface area contributed by atoms with Crippen molar-refractivity contribution in [2.45, 2.75) is 97.8 Å². The zero-order valence-electron chi connectivity index (χ0n) is 19.9. The predicted molar refractivity (Wildman–Crippen MR) is 123 cm³/mol. The van der Waals surface area contributed by atoms with E-state index in [2.05, 4.69) is 6.92 Å². The summed E-state index contributed by atoms with van der Waals surface area (Å²) in [6.45, 7) is 6.57. The molecule has 0 radical (unpaired) electrons. The van der Waals surface area contributed by atoms with Crippen molar-refractivity contribution in [3.8, 4) is 11.5 Å². The Morgan fingerprint density at radius 1 is 0.806 bits per heavy atom. The van der Waals surface area contributed by atoms with Gasteiger partial charge in [-0.2, -0.15) is 8.78 Å². The number of aryl methyl sites for hydroxylation is 1. The van der Waals surface area contributed by atoms with Crippen LogP contribution in [0.4, 0.5) is 8.78 Å². The fourth-order valence-electron chi connectivity index (χ4n) is 5.80. The molecular formula is C27H42F2O2. The summed E-state index contributed by atoms with van der Waals surface area (Å²) in [6, 6.07) is 1.53. The molecule has 3 rings (SSSR count). The van der Waals surface area contributed by atoms with Crippen LogP contribution < -0.4 is 9.47 Å². The van der Waals surface area contributed by atoms with E-state index >= 15 is 0 Å². The van der Waals surface area contributed by atoms with Crippen LogP contribution in [0.1, 0.15) is 96.5 Å². The molecule has 0 saturated heterocycles. The molecule has 2 aliphatic rings. The molecule has 2 nitrogen and oxygen atoms in total. The van der Waals surface area contributed by atoms with Crippen LogP contribution in [0.3, 0.4) is 0 Å². The minimum absolute atomic E-state index is 0.0366. The third-order valence-corrected chi connectivity index (χ3v) is 7.74. The first-order valence-corrected chi connectivity index (χ1v) is 12.8. The second kappa shape index (κ2) is 12.1. The normalized spacial score (nSPS) is 26.6. The Morgan fingerprint density at radius 2 is 1.42 bits per heavy atom. The lowest BCUT2D eigenvalue weighted by Gasteiger charge is -2.38. The molecule has 0 spiro atoms. The third-order valence-electron chi connectivity index (χ3n) is 7.74. The van der Waals surface area contributed by atoms with Gasteiger partial charge in [0.25, 0.3) is 0 Å². The van der Waals surface area contributed by atoms with Crippen molar-refractivity contribution in [3.63, 3.8) is 0 Å². The summed E-state index contributed by atoms with van der Waals surface area (Å²) in [5.74, 6) is 1.31. The molecule has 0 heterocycles. The lowest BCUT2D eigenvalue weighted by atomic mass is 9.69. The van der Waals surface area contributed by atoms with Gasteiger partial charge in [-0.3, -0.25) is 0 Å². The van der Waals surface area contributed by atoms with Gasteiger partial charge in [-0.1, -0.05) is 45.4 Å². The van der Waals surface area contributed by atoms with E-state index in [4.69, 9.17) is 9.47 Å². The first kappa shape index (κ1) is 24.3. The number of rotatable bonds is 10. The molecule has 4 heteroatoms. The van der Waals surface area contributed by atoms with Crippen LogP contribution in [0.15, 0.2) is 6.07 Å². The van der Waals surface area contributed by atoms with Crippen LogP contribution in [-0.2, 0) is 0 Å². The van der Waals surface area contributed by atoms with Crippen molar-refractivity contribution < 1.29 is 18.3 Å². The molecule has 2 aliphatic carbocycles. The van der Waals surface area contributed by atoms with Crippen molar-refractivity contribution in [2.24, 2.45) is 23.7 Å². The largest absolute Gasteiger partial charge is 0.491 e. The van der Waals surface area contributed by atoms with Crippen molar-refractivity contribution in [1.29, 1.82) is 0 Å². The molecular weight excluding hydrogens is 394 g/mol. The molecule has 2 saturated carbocycles. The fraction of sp³-hybridized carbons (Fsp3) is 0.778. The van der Waals surface area contributed by atoms with Gasteiger partial charge >= 0.3 is 0 Å². The monoisotopic (exact) mass is 436 g/mol. The highest BCUT2D eigenvalue weighted by Gasteiger charge is 2.31. The van der Waals surface area contributed by atoms with Gasteiger partial charge in [-0.25, -0.2) is 0 Å². The van der Waals surface area contributed by atoms with E-state index < -0.39 is 11.6 Å². The van der Waals surface area contributed by atoms with Crippen molar-refractivity contribution in [3.05, 3.63) is 23.3 Å². The SMILES string of the molecule is CCCCCC1CCC(C2CCC(COc3c(C)cc(OCC)c(F)c3F)CC2)CC1. The lowest BCUT2D eigenvalue weighted by molar-refractivity contribution is 0.119. The number of ether oxygens (including phenoxy) is 2. The molecule has 0 bridgehead atoms. The van der Waals surface area contributed by atoms with E-state index in [-0.39, 0.29) is 11.5 Å². The molecule has 31 heavy (non-hydrogen) atoms. The van der Waals surface area contributed by atoms with Gasteiger partial charge < -0.3 is 9.47 Å².